The number of hydrogen-bond acceptors (Lipinski definition) is 4. The first-order valence-corrected chi connectivity index (χ1v) is 5.47. The molecule has 1 aromatic carbocycles. The van der Waals surface area contributed by atoms with Crippen molar-refractivity contribution in [1.82, 2.24) is 4.98 Å². The molecule has 1 aromatic heterocycles. The summed E-state index contributed by atoms with van der Waals surface area (Å²) < 4.78 is 10.3. The van der Waals surface area contributed by atoms with E-state index in [1.807, 2.05) is 0 Å². The Hall–Kier alpha value is -2.01. The summed E-state index contributed by atoms with van der Waals surface area (Å²) in [5, 5.41) is 9.30. The molecular formula is C12H10ClNO4. The fourth-order valence-electron chi connectivity index (χ4n) is 1.62. The van der Waals surface area contributed by atoms with E-state index in [1.165, 1.54) is 13.5 Å². The maximum absolute atomic E-state index is 10.7. The zero-order chi connectivity index (χ0) is 13.1. The Bertz CT molecular complexity index is 579. The predicted octanol–water partition coefficient (Wildman–Crippen LogP) is 2.63. The highest BCUT2D eigenvalue weighted by atomic mass is 35.5. The standard InChI is InChI=1S/C12H10ClNO4/c1-17-9-3-2-7(13)4-8(9)12-10(5-11(15)16)18-6-14-12/h2-4,6H,5H2,1H3,(H,15,16). The van der Waals surface area contributed by atoms with Crippen LogP contribution in [-0.2, 0) is 11.2 Å². The highest BCUT2D eigenvalue weighted by Gasteiger charge is 2.17. The van der Waals surface area contributed by atoms with E-state index in [0.29, 0.717) is 22.0 Å². The fraction of sp³-hybridized carbons (Fsp3) is 0.167. The van der Waals surface area contributed by atoms with E-state index in [9.17, 15) is 4.79 Å². The first-order valence-electron chi connectivity index (χ1n) is 5.10. The van der Waals surface area contributed by atoms with Crippen molar-refractivity contribution >= 4 is 17.6 Å². The summed E-state index contributed by atoms with van der Waals surface area (Å²) in [5.74, 6) is -0.169. The molecule has 2 rings (SSSR count). The summed E-state index contributed by atoms with van der Waals surface area (Å²) in [6, 6.07) is 5.03. The van der Waals surface area contributed by atoms with Gasteiger partial charge in [-0.15, -0.1) is 0 Å². The number of aromatic nitrogens is 1. The highest BCUT2D eigenvalue weighted by Crippen LogP contribution is 2.33. The Morgan fingerprint density at radius 1 is 1.56 bits per heavy atom. The minimum absolute atomic E-state index is 0.245. The second kappa shape index (κ2) is 5.10. The Kier molecular flexibility index (Phi) is 3.53. The first kappa shape index (κ1) is 12.4. The molecule has 0 bridgehead atoms. The van der Waals surface area contributed by atoms with Crippen LogP contribution in [0.1, 0.15) is 5.76 Å². The summed E-state index contributed by atoms with van der Waals surface area (Å²) in [6.45, 7) is 0. The maximum atomic E-state index is 10.7. The lowest BCUT2D eigenvalue weighted by atomic mass is 10.1. The van der Waals surface area contributed by atoms with Crippen LogP contribution in [0.25, 0.3) is 11.3 Å². The van der Waals surface area contributed by atoms with Gasteiger partial charge in [0.15, 0.2) is 6.39 Å². The molecular weight excluding hydrogens is 258 g/mol. The van der Waals surface area contributed by atoms with E-state index >= 15 is 0 Å². The number of oxazole rings is 1. The number of halogens is 1. The number of rotatable bonds is 4. The van der Waals surface area contributed by atoms with E-state index in [-0.39, 0.29) is 12.2 Å². The van der Waals surface area contributed by atoms with Gasteiger partial charge >= 0.3 is 5.97 Å². The van der Waals surface area contributed by atoms with Crippen molar-refractivity contribution in [2.24, 2.45) is 0 Å². The van der Waals surface area contributed by atoms with Gasteiger partial charge in [-0.1, -0.05) is 11.6 Å². The van der Waals surface area contributed by atoms with Gasteiger partial charge in [0.2, 0.25) is 0 Å². The van der Waals surface area contributed by atoms with Gasteiger partial charge in [-0.3, -0.25) is 4.79 Å². The number of carbonyl (C=O) groups is 1. The van der Waals surface area contributed by atoms with Gasteiger partial charge in [0.25, 0.3) is 0 Å². The molecule has 0 aliphatic carbocycles. The minimum atomic E-state index is -0.992. The zero-order valence-electron chi connectivity index (χ0n) is 9.51. The number of nitrogens with zero attached hydrogens (tertiary/aromatic N) is 1. The van der Waals surface area contributed by atoms with E-state index in [2.05, 4.69) is 4.98 Å². The molecule has 0 saturated carbocycles. The molecule has 0 fully saturated rings. The third-order valence-electron chi connectivity index (χ3n) is 2.37. The monoisotopic (exact) mass is 267 g/mol. The molecule has 94 valence electrons. The smallest absolute Gasteiger partial charge is 0.311 e. The summed E-state index contributed by atoms with van der Waals surface area (Å²) in [7, 11) is 1.52. The molecule has 0 saturated heterocycles. The summed E-state index contributed by atoms with van der Waals surface area (Å²) in [5.41, 5.74) is 1.03. The van der Waals surface area contributed by atoms with Crippen molar-refractivity contribution in [3.05, 3.63) is 35.4 Å². The minimum Gasteiger partial charge on any atom is -0.496 e. The van der Waals surface area contributed by atoms with Crippen LogP contribution >= 0.6 is 11.6 Å². The number of carboxylic acid groups (broad SMARTS) is 1. The van der Waals surface area contributed by atoms with Crippen LogP contribution in [0.3, 0.4) is 0 Å². The van der Waals surface area contributed by atoms with E-state index in [0.717, 1.165) is 0 Å². The van der Waals surface area contributed by atoms with Crippen molar-refractivity contribution in [3.63, 3.8) is 0 Å². The summed E-state index contributed by atoms with van der Waals surface area (Å²) >= 11 is 5.92. The molecule has 5 nitrogen and oxygen atoms in total. The average Bonchev–Trinajstić information content (AvgIpc) is 2.76. The third kappa shape index (κ3) is 2.46. The molecule has 0 spiro atoms. The Morgan fingerprint density at radius 3 is 3.00 bits per heavy atom. The number of carboxylic acids is 1. The van der Waals surface area contributed by atoms with Gasteiger partial charge in [0.1, 0.15) is 23.6 Å². The van der Waals surface area contributed by atoms with Crippen molar-refractivity contribution in [3.8, 4) is 17.0 Å². The lowest BCUT2D eigenvalue weighted by Crippen LogP contribution is -2.00. The van der Waals surface area contributed by atoms with Gasteiger partial charge < -0.3 is 14.3 Å². The number of hydrogen-bond donors (Lipinski definition) is 1. The molecule has 1 heterocycles. The second-order valence-corrected chi connectivity index (χ2v) is 3.98. The van der Waals surface area contributed by atoms with Crippen LogP contribution in [0.15, 0.2) is 29.0 Å². The van der Waals surface area contributed by atoms with Crippen LogP contribution < -0.4 is 4.74 Å². The van der Waals surface area contributed by atoms with Crippen molar-refractivity contribution < 1.29 is 19.1 Å². The second-order valence-electron chi connectivity index (χ2n) is 3.54. The molecule has 18 heavy (non-hydrogen) atoms. The van der Waals surface area contributed by atoms with Crippen molar-refractivity contribution in [2.45, 2.75) is 6.42 Å². The number of aliphatic carboxylic acids is 1. The van der Waals surface area contributed by atoms with Gasteiger partial charge in [-0.2, -0.15) is 0 Å². The fourth-order valence-corrected chi connectivity index (χ4v) is 1.79. The van der Waals surface area contributed by atoms with E-state index in [4.69, 9.17) is 25.9 Å². The molecule has 0 amide bonds. The van der Waals surface area contributed by atoms with Gasteiger partial charge in [-0.25, -0.2) is 4.98 Å². The SMILES string of the molecule is COc1ccc(Cl)cc1-c1ncoc1CC(=O)O. The van der Waals surface area contributed by atoms with Gasteiger partial charge in [-0.05, 0) is 18.2 Å². The van der Waals surface area contributed by atoms with Gasteiger partial charge in [0.05, 0.1) is 7.11 Å². The Labute approximate surface area is 108 Å². The quantitative estimate of drug-likeness (QED) is 0.922. The average molecular weight is 268 g/mol. The highest BCUT2D eigenvalue weighted by molar-refractivity contribution is 6.31. The number of methoxy groups -OCH3 is 1. The lowest BCUT2D eigenvalue weighted by molar-refractivity contribution is -0.136. The zero-order valence-corrected chi connectivity index (χ0v) is 10.3. The summed E-state index contributed by atoms with van der Waals surface area (Å²) in [6.07, 6.45) is 0.957. The van der Waals surface area contributed by atoms with Crippen LogP contribution in [0.4, 0.5) is 0 Å². The molecule has 0 aliphatic heterocycles. The van der Waals surface area contributed by atoms with Crippen LogP contribution in [0.2, 0.25) is 5.02 Å². The molecule has 0 radical (unpaired) electrons. The predicted molar refractivity (Wildman–Crippen MR) is 64.8 cm³/mol. The Balaban J connectivity index is 2.51. The van der Waals surface area contributed by atoms with Crippen LogP contribution in [0, 0.1) is 0 Å². The Morgan fingerprint density at radius 2 is 2.33 bits per heavy atom. The third-order valence-corrected chi connectivity index (χ3v) is 2.60. The van der Waals surface area contributed by atoms with Crippen LogP contribution in [0.5, 0.6) is 5.75 Å². The van der Waals surface area contributed by atoms with Gasteiger partial charge in [0, 0.05) is 10.6 Å². The van der Waals surface area contributed by atoms with Crippen molar-refractivity contribution in [2.75, 3.05) is 7.11 Å². The molecule has 1 N–H and O–H groups in total. The van der Waals surface area contributed by atoms with Crippen molar-refractivity contribution in [1.29, 1.82) is 0 Å². The molecule has 0 unspecified atom stereocenters. The molecule has 2 aromatic rings. The topological polar surface area (TPSA) is 72.6 Å². The number of ether oxygens (including phenoxy) is 1. The number of benzene rings is 1. The first-order chi connectivity index (χ1) is 8.61. The molecule has 6 heteroatoms. The van der Waals surface area contributed by atoms with Crippen LogP contribution in [-0.4, -0.2) is 23.2 Å². The largest absolute Gasteiger partial charge is 0.496 e. The molecule has 0 aliphatic rings. The van der Waals surface area contributed by atoms with E-state index in [1.54, 1.807) is 18.2 Å². The van der Waals surface area contributed by atoms with E-state index < -0.39 is 5.97 Å². The normalized spacial score (nSPS) is 10.3. The summed E-state index contributed by atoms with van der Waals surface area (Å²) in [4.78, 5) is 14.7. The maximum Gasteiger partial charge on any atom is 0.311 e. The molecule has 0 atom stereocenters. The lowest BCUT2D eigenvalue weighted by Gasteiger charge is -2.07.